The fourth-order valence-electron chi connectivity index (χ4n) is 2.31. The van der Waals surface area contributed by atoms with Crippen LogP contribution in [0.15, 0.2) is 0 Å². The van der Waals surface area contributed by atoms with Crippen LogP contribution in [0.2, 0.25) is 0 Å². The Hall–Kier alpha value is -0.610. The summed E-state index contributed by atoms with van der Waals surface area (Å²) in [7, 11) is 0. The van der Waals surface area contributed by atoms with Crippen molar-refractivity contribution in [2.45, 2.75) is 45.2 Å². The average Bonchev–Trinajstić information content (AvgIpc) is 3.10. The van der Waals surface area contributed by atoms with Crippen LogP contribution in [0.4, 0.5) is 0 Å². The Morgan fingerprint density at radius 1 is 1.47 bits per heavy atom. The molecule has 1 atom stereocenters. The fraction of sp³-hybridized carbons (Fsp3) is 0.923. The van der Waals surface area contributed by atoms with Gasteiger partial charge in [0.1, 0.15) is 0 Å². The van der Waals surface area contributed by atoms with Gasteiger partial charge in [-0.15, -0.1) is 0 Å². The highest BCUT2D eigenvalue weighted by Gasteiger charge is 2.33. The lowest BCUT2D eigenvalue weighted by Gasteiger charge is -2.28. The minimum absolute atomic E-state index is 0.213. The molecule has 0 radical (unpaired) electrons. The Morgan fingerprint density at radius 2 is 2.24 bits per heavy atom. The van der Waals surface area contributed by atoms with E-state index in [4.69, 9.17) is 4.74 Å². The molecular formula is C13H24N2O2. The molecule has 2 aliphatic rings. The van der Waals surface area contributed by atoms with E-state index in [9.17, 15) is 4.79 Å². The van der Waals surface area contributed by atoms with Gasteiger partial charge >= 0.3 is 0 Å². The normalized spacial score (nSPS) is 25.0. The standard InChI is InChI=1S/C13H24N2O2/c1-10(2)8-15(12-3-4-12)13(16)7-11-9-17-6-5-14-11/h10-12,14H,3-9H2,1-2H3. The van der Waals surface area contributed by atoms with Gasteiger partial charge < -0.3 is 15.0 Å². The van der Waals surface area contributed by atoms with E-state index in [0.717, 1.165) is 19.7 Å². The van der Waals surface area contributed by atoms with Gasteiger partial charge in [-0.25, -0.2) is 0 Å². The van der Waals surface area contributed by atoms with Crippen LogP contribution in [0.1, 0.15) is 33.1 Å². The Balaban J connectivity index is 1.82. The van der Waals surface area contributed by atoms with Crippen LogP contribution in [0, 0.1) is 5.92 Å². The second-order valence-electron chi connectivity index (χ2n) is 5.60. The van der Waals surface area contributed by atoms with Crippen molar-refractivity contribution in [1.82, 2.24) is 10.2 Å². The lowest BCUT2D eigenvalue weighted by atomic mass is 10.1. The molecule has 98 valence electrons. The number of ether oxygens (including phenoxy) is 1. The molecule has 1 saturated heterocycles. The number of nitrogens with one attached hydrogen (secondary N) is 1. The zero-order valence-electron chi connectivity index (χ0n) is 10.9. The number of carbonyl (C=O) groups excluding carboxylic acids is 1. The van der Waals surface area contributed by atoms with Gasteiger partial charge in [-0.1, -0.05) is 13.8 Å². The number of carbonyl (C=O) groups is 1. The zero-order valence-corrected chi connectivity index (χ0v) is 10.9. The van der Waals surface area contributed by atoms with Crippen molar-refractivity contribution >= 4 is 5.91 Å². The molecule has 0 aromatic heterocycles. The zero-order chi connectivity index (χ0) is 12.3. The molecule has 0 spiro atoms. The van der Waals surface area contributed by atoms with E-state index >= 15 is 0 Å². The van der Waals surface area contributed by atoms with E-state index in [-0.39, 0.29) is 6.04 Å². The number of amides is 1. The van der Waals surface area contributed by atoms with Crippen molar-refractivity contribution in [1.29, 1.82) is 0 Å². The number of hydrogen-bond donors (Lipinski definition) is 1. The maximum atomic E-state index is 12.3. The lowest BCUT2D eigenvalue weighted by Crippen LogP contribution is -2.46. The third-order valence-electron chi connectivity index (χ3n) is 3.29. The molecule has 1 unspecified atom stereocenters. The van der Waals surface area contributed by atoms with Gasteiger partial charge in [0.15, 0.2) is 0 Å². The predicted octanol–water partition coefficient (Wildman–Crippen LogP) is 1.01. The van der Waals surface area contributed by atoms with Crippen LogP contribution in [-0.4, -0.2) is 49.2 Å². The van der Waals surface area contributed by atoms with E-state index in [1.807, 2.05) is 0 Å². The van der Waals surface area contributed by atoms with E-state index in [1.54, 1.807) is 0 Å². The first-order valence-corrected chi connectivity index (χ1v) is 6.77. The summed E-state index contributed by atoms with van der Waals surface area (Å²) < 4.78 is 5.39. The number of hydrogen-bond acceptors (Lipinski definition) is 3. The van der Waals surface area contributed by atoms with Gasteiger partial charge in [0, 0.05) is 31.6 Å². The molecule has 0 aromatic carbocycles. The monoisotopic (exact) mass is 240 g/mol. The van der Waals surface area contributed by atoms with E-state index in [1.165, 1.54) is 12.8 Å². The highest BCUT2D eigenvalue weighted by molar-refractivity contribution is 5.77. The number of nitrogens with zero attached hydrogens (tertiary/aromatic N) is 1. The first-order chi connectivity index (χ1) is 8.16. The second-order valence-corrected chi connectivity index (χ2v) is 5.60. The summed E-state index contributed by atoms with van der Waals surface area (Å²) in [6, 6.07) is 0.735. The SMILES string of the molecule is CC(C)CN(C(=O)CC1COCCN1)C1CC1. The van der Waals surface area contributed by atoms with Gasteiger partial charge in [0.25, 0.3) is 0 Å². The second kappa shape index (κ2) is 5.83. The summed E-state index contributed by atoms with van der Waals surface area (Å²) in [5.41, 5.74) is 0. The van der Waals surface area contributed by atoms with Gasteiger partial charge in [0.05, 0.1) is 13.2 Å². The Kier molecular flexibility index (Phi) is 4.40. The molecule has 0 bridgehead atoms. The van der Waals surface area contributed by atoms with Crippen molar-refractivity contribution < 1.29 is 9.53 Å². The number of rotatable bonds is 5. The van der Waals surface area contributed by atoms with E-state index in [0.29, 0.717) is 30.9 Å². The topological polar surface area (TPSA) is 41.6 Å². The first-order valence-electron chi connectivity index (χ1n) is 6.77. The molecule has 0 aromatic rings. The summed E-state index contributed by atoms with van der Waals surface area (Å²) in [5.74, 6) is 0.847. The van der Waals surface area contributed by atoms with Gasteiger partial charge in [-0.3, -0.25) is 4.79 Å². The summed E-state index contributed by atoms with van der Waals surface area (Å²) in [5, 5.41) is 3.35. The summed E-state index contributed by atoms with van der Waals surface area (Å²) >= 11 is 0. The Labute approximate surface area is 104 Å². The molecule has 17 heavy (non-hydrogen) atoms. The van der Waals surface area contributed by atoms with Crippen molar-refractivity contribution in [3.63, 3.8) is 0 Å². The maximum absolute atomic E-state index is 12.3. The number of morpholine rings is 1. The molecule has 4 nitrogen and oxygen atoms in total. The van der Waals surface area contributed by atoms with Crippen molar-refractivity contribution in [3.05, 3.63) is 0 Å². The molecule has 4 heteroatoms. The smallest absolute Gasteiger partial charge is 0.224 e. The van der Waals surface area contributed by atoms with Crippen molar-refractivity contribution in [2.24, 2.45) is 5.92 Å². The van der Waals surface area contributed by atoms with Crippen LogP contribution in [0.5, 0.6) is 0 Å². The quantitative estimate of drug-likeness (QED) is 0.780. The van der Waals surface area contributed by atoms with Crippen LogP contribution in [0.25, 0.3) is 0 Å². The molecular weight excluding hydrogens is 216 g/mol. The Bertz CT molecular complexity index is 258. The van der Waals surface area contributed by atoms with Crippen molar-refractivity contribution in [2.75, 3.05) is 26.3 Å². The molecule has 1 amide bonds. The highest BCUT2D eigenvalue weighted by Crippen LogP contribution is 2.28. The molecule has 1 saturated carbocycles. The van der Waals surface area contributed by atoms with Gasteiger partial charge in [-0.05, 0) is 18.8 Å². The fourth-order valence-corrected chi connectivity index (χ4v) is 2.31. The maximum Gasteiger partial charge on any atom is 0.224 e. The Morgan fingerprint density at radius 3 is 2.76 bits per heavy atom. The molecule has 1 aliphatic carbocycles. The molecule has 1 N–H and O–H groups in total. The summed E-state index contributed by atoms with van der Waals surface area (Å²) in [6.45, 7) is 7.55. The van der Waals surface area contributed by atoms with E-state index in [2.05, 4.69) is 24.1 Å². The highest BCUT2D eigenvalue weighted by atomic mass is 16.5. The average molecular weight is 240 g/mol. The molecule has 2 rings (SSSR count). The van der Waals surface area contributed by atoms with Crippen molar-refractivity contribution in [3.8, 4) is 0 Å². The molecule has 2 fully saturated rings. The minimum atomic E-state index is 0.213. The van der Waals surface area contributed by atoms with E-state index < -0.39 is 0 Å². The van der Waals surface area contributed by atoms with Crippen LogP contribution < -0.4 is 5.32 Å². The van der Waals surface area contributed by atoms with Gasteiger partial charge in [0.2, 0.25) is 5.91 Å². The van der Waals surface area contributed by atoms with Crippen LogP contribution >= 0.6 is 0 Å². The predicted molar refractivity (Wildman–Crippen MR) is 66.8 cm³/mol. The van der Waals surface area contributed by atoms with Gasteiger partial charge in [-0.2, -0.15) is 0 Å². The van der Waals surface area contributed by atoms with Crippen LogP contribution in [0.3, 0.4) is 0 Å². The lowest BCUT2D eigenvalue weighted by molar-refractivity contribution is -0.133. The largest absolute Gasteiger partial charge is 0.378 e. The summed E-state index contributed by atoms with van der Waals surface area (Å²) in [4.78, 5) is 14.3. The van der Waals surface area contributed by atoms with Crippen LogP contribution in [-0.2, 0) is 9.53 Å². The first kappa shape index (κ1) is 12.8. The molecule has 1 aliphatic heterocycles. The minimum Gasteiger partial charge on any atom is -0.378 e. The summed E-state index contributed by atoms with van der Waals surface area (Å²) in [6.07, 6.45) is 2.96. The molecule has 1 heterocycles. The third kappa shape index (κ3) is 3.96. The third-order valence-corrected chi connectivity index (χ3v) is 3.29.